The molecule has 1 fully saturated rings. The van der Waals surface area contributed by atoms with Crippen molar-refractivity contribution >= 4 is 21.2 Å². The molecule has 5 nitrogen and oxygen atoms in total. The van der Waals surface area contributed by atoms with E-state index in [-0.39, 0.29) is 17.5 Å². The van der Waals surface area contributed by atoms with Crippen molar-refractivity contribution < 1.29 is 13.2 Å². The Morgan fingerprint density at radius 1 is 1.42 bits per heavy atom. The van der Waals surface area contributed by atoms with Gasteiger partial charge in [-0.3, -0.25) is 0 Å². The van der Waals surface area contributed by atoms with E-state index in [0.717, 1.165) is 12.1 Å². The van der Waals surface area contributed by atoms with Gasteiger partial charge < -0.3 is 15.8 Å². The summed E-state index contributed by atoms with van der Waals surface area (Å²) in [4.78, 5) is 0. The lowest BCUT2D eigenvalue weighted by Crippen LogP contribution is -2.20. The summed E-state index contributed by atoms with van der Waals surface area (Å²) in [5, 5.41) is 3.21. The van der Waals surface area contributed by atoms with Crippen molar-refractivity contribution in [1.29, 1.82) is 0 Å². The van der Waals surface area contributed by atoms with Crippen molar-refractivity contribution in [2.45, 2.75) is 25.8 Å². The van der Waals surface area contributed by atoms with Crippen LogP contribution in [0.25, 0.3) is 0 Å². The molecule has 0 amide bonds. The van der Waals surface area contributed by atoms with E-state index in [9.17, 15) is 8.42 Å². The number of hydrogen-bond acceptors (Lipinski definition) is 5. The molecule has 0 bridgehead atoms. The molecule has 1 unspecified atom stereocenters. The Labute approximate surface area is 114 Å². The van der Waals surface area contributed by atoms with E-state index in [1.54, 1.807) is 12.1 Å². The normalized spacial score (nSPS) is 21.2. The Morgan fingerprint density at radius 2 is 2.21 bits per heavy atom. The molecule has 19 heavy (non-hydrogen) atoms. The third-order valence-corrected chi connectivity index (χ3v) is 4.77. The molecule has 6 heteroatoms. The first-order valence-electron chi connectivity index (χ1n) is 6.49. The molecule has 106 valence electrons. The minimum Gasteiger partial charge on any atom is -0.493 e. The van der Waals surface area contributed by atoms with Crippen molar-refractivity contribution in [1.82, 2.24) is 0 Å². The summed E-state index contributed by atoms with van der Waals surface area (Å²) >= 11 is 0. The molecule has 1 aromatic carbocycles. The number of sulfone groups is 1. The number of rotatable bonds is 5. The van der Waals surface area contributed by atoms with Crippen LogP contribution in [0, 0.1) is 0 Å². The van der Waals surface area contributed by atoms with E-state index in [1.807, 2.05) is 13.0 Å². The number of benzene rings is 1. The zero-order valence-electron chi connectivity index (χ0n) is 11.1. The van der Waals surface area contributed by atoms with Crippen LogP contribution in [0.15, 0.2) is 18.2 Å². The number of hydrogen-bond donors (Lipinski definition) is 2. The van der Waals surface area contributed by atoms with Crippen LogP contribution in [0.1, 0.15) is 19.8 Å². The second kappa shape index (κ2) is 5.69. The van der Waals surface area contributed by atoms with Crippen molar-refractivity contribution in [3.8, 4) is 5.75 Å². The molecule has 1 aromatic rings. The molecular formula is C13H20N2O3S. The van der Waals surface area contributed by atoms with Gasteiger partial charge in [-0.1, -0.05) is 6.92 Å². The highest BCUT2D eigenvalue weighted by Crippen LogP contribution is 2.25. The Bertz CT molecular complexity index is 543. The number of nitrogen functional groups attached to an aromatic ring is 1. The second-order valence-electron chi connectivity index (χ2n) is 4.88. The van der Waals surface area contributed by atoms with E-state index in [0.29, 0.717) is 24.5 Å². The molecule has 0 radical (unpaired) electrons. The summed E-state index contributed by atoms with van der Waals surface area (Å²) < 4.78 is 28.4. The first-order chi connectivity index (χ1) is 8.98. The molecule has 0 aliphatic carbocycles. The molecule has 3 N–H and O–H groups in total. The highest BCUT2D eigenvalue weighted by molar-refractivity contribution is 7.91. The monoisotopic (exact) mass is 284 g/mol. The van der Waals surface area contributed by atoms with Gasteiger partial charge in [-0.2, -0.15) is 0 Å². The maximum atomic E-state index is 11.4. The minimum absolute atomic E-state index is 0.0363. The average Bonchev–Trinajstić information content (AvgIpc) is 2.65. The largest absolute Gasteiger partial charge is 0.493 e. The molecular weight excluding hydrogens is 264 g/mol. The third kappa shape index (κ3) is 4.02. The SMILES string of the molecule is CCCOc1cc(N)cc(NC2CCS(=O)(=O)C2)c1. The van der Waals surface area contributed by atoms with E-state index in [1.165, 1.54) is 0 Å². The van der Waals surface area contributed by atoms with E-state index < -0.39 is 9.84 Å². The lowest BCUT2D eigenvalue weighted by Gasteiger charge is -2.14. The predicted octanol–water partition coefficient (Wildman–Crippen LogP) is 1.66. The van der Waals surface area contributed by atoms with Gasteiger partial charge in [0.2, 0.25) is 0 Å². The summed E-state index contributed by atoms with van der Waals surface area (Å²) in [5.41, 5.74) is 7.24. The van der Waals surface area contributed by atoms with Gasteiger partial charge in [0.1, 0.15) is 5.75 Å². The topological polar surface area (TPSA) is 81.4 Å². The summed E-state index contributed by atoms with van der Waals surface area (Å²) in [5.74, 6) is 1.16. The zero-order valence-corrected chi connectivity index (χ0v) is 11.9. The van der Waals surface area contributed by atoms with E-state index >= 15 is 0 Å². The van der Waals surface area contributed by atoms with Gasteiger partial charge in [-0.25, -0.2) is 8.42 Å². The molecule has 1 heterocycles. The summed E-state index contributed by atoms with van der Waals surface area (Å²) in [7, 11) is -2.87. The van der Waals surface area contributed by atoms with Crippen LogP contribution in [0.3, 0.4) is 0 Å². The van der Waals surface area contributed by atoms with E-state index in [2.05, 4.69) is 5.32 Å². The number of ether oxygens (including phenoxy) is 1. The van der Waals surface area contributed by atoms with Crippen molar-refractivity contribution in [3.63, 3.8) is 0 Å². The smallest absolute Gasteiger partial charge is 0.152 e. The molecule has 1 aliphatic heterocycles. The van der Waals surface area contributed by atoms with Crippen molar-refractivity contribution in [3.05, 3.63) is 18.2 Å². The number of anilines is 2. The first kappa shape index (κ1) is 14.0. The van der Waals surface area contributed by atoms with Crippen LogP contribution in [0.5, 0.6) is 5.75 Å². The van der Waals surface area contributed by atoms with Crippen molar-refractivity contribution in [2.24, 2.45) is 0 Å². The fourth-order valence-corrected chi connectivity index (χ4v) is 3.83. The Kier molecular flexibility index (Phi) is 4.19. The fourth-order valence-electron chi connectivity index (χ4n) is 2.15. The molecule has 0 saturated carbocycles. The Hall–Kier alpha value is -1.43. The lowest BCUT2D eigenvalue weighted by molar-refractivity contribution is 0.318. The lowest BCUT2D eigenvalue weighted by atomic mass is 10.2. The molecule has 2 rings (SSSR count). The van der Waals surface area contributed by atoms with Crippen molar-refractivity contribution in [2.75, 3.05) is 29.2 Å². The van der Waals surface area contributed by atoms with Crippen LogP contribution in [-0.4, -0.2) is 32.6 Å². The summed E-state index contributed by atoms with van der Waals surface area (Å²) in [6.07, 6.45) is 1.57. The quantitative estimate of drug-likeness (QED) is 0.804. The molecule has 1 atom stereocenters. The first-order valence-corrected chi connectivity index (χ1v) is 8.31. The number of nitrogens with two attached hydrogens (primary N) is 1. The van der Waals surface area contributed by atoms with Crippen LogP contribution in [0.2, 0.25) is 0 Å². The minimum atomic E-state index is -2.87. The number of nitrogens with one attached hydrogen (secondary N) is 1. The highest BCUT2D eigenvalue weighted by Gasteiger charge is 2.27. The Morgan fingerprint density at radius 3 is 2.84 bits per heavy atom. The molecule has 1 aliphatic rings. The fraction of sp³-hybridized carbons (Fsp3) is 0.538. The molecule has 0 spiro atoms. The molecule has 1 saturated heterocycles. The van der Waals surface area contributed by atoms with Gasteiger partial charge in [0.05, 0.1) is 18.1 Å². The van der Waals surface area contributed by atoms with Crippen LogP contribution in [-0.2, 0) is 9.84 Å². The Balaban J connectivity index is 2.06. The van der Waals surface area contributed by atoms with Crippen LogP contribution in [0.4, 0.5) is 11.4 Å². The second-order valence-corrected chi connectivity index (χ2v) is 7.11. The van der Waals surface area contributed by atoms with Gasteiger partial charge in [0.25, 0.3) is 0 Å². The predicted molar refractivity (Wildman–Crippen MR) is 77.3 cm³/mol. The average molecular weight is 284 g/mol. The zero-order chi connectivity index (χ0) is 13.9. The van der Waals surface area contributed by atoms with Gasteiger partial charge in [0, 0.05) is 29.5 Å². The van der Waals surface area contributed by atoms with Gasteiger partial charge >= 0.3 is 0 Å². The van der Waals surface area contributed by atoms with Gasteiger partial charge in [-0.05, 0) is 18.9 Å². The van der Waals surface area contributed by atoms with E-state index in [4.69, 9.17) is 10.5 Å². The van der Waals surface area contributed by atoms with Gasteiger partial charge in [-0.15, -0.1) is 0 Å². The van der Waals surface area contributed by atoms with Crippen LogP contribution >= 0.6 is 0 Å². The standard InChI is InChI=1S/C13H20N2O3S/c1-2-4-18-13-7-10(14)6-12(8-13)15-11-3-5-19(16,17)9-11/h6-8,11,15H,2-5,9,14H2,1H3. The third-order valence-electron chi connectivity index (χ3n) is 3.00. The van der Waals surface area contributed by atoms with Gasteiger partial charge in [0.15, 0.2) is 9.84 Å². The highest BCUT2D eigenvalue weighted by atomic mass is 32.2. The maximum absolute atomic E-state index is 11.4. The maximum Gasteiger partial charge on any atom is 0.152 e. The summed E-state index contributed by atoms with van der Waals surface area (Å²) in [6.45, 7) is 2.68. The molecule has 0 aromatic heterocycles. The summed E-state index contributed by atoms with van der Waals surface area (Å²) in [6, 6.07) is 5.39. The van der Waals surface area contributed by atoms with Crippen LogP contribution < -0.4 is 15.8 Å².